The number of carbonyl (C=O) groups is 2. The Morgan fingerprint density at radius 2 is 1.76 bits per heavy atom. The van der Waals surface area contributed by atoms with Crippen molar-refractivity contribution in [3.05, 3.63) is 35.9 Å². The molecule has 0 bridgehead atoms. The van der Waals surface area contributed by atoms with Crippen molar-refractivity contribution >= 4 is 39.8 Å². The molecule has 12 heteroatoms. The Morgan fingerprint density at radius 3 is 2.46 bits per heavy atom. The highest BCUT2D eigenvalue weighted by Crippen LogP contribution is 2.28. The molecule has 1 fully saturated rings. The Balaban J connectivity index is 1.68. The molecule has 0 radical (unpaired) electrons. The monoisotopic (exact) mass is 505 g/mol. The van der Waals surface area contributed by atoms with Gasteiger partial charge in [0.25, 0.3) is 5.91 Å². The van der Waals surface area contributed by atoms with Gasteiger partial charge in [-0.15, -0.1) is 0 Å². The van der Waals surface area contributed by atoms with Crippen LogP contribution in [0.2, 0.25) is 0 Å². The molecule has 12 nitrogen and oxygen atoms in total. The van der Waals surface area contributed by atoms with E-state index in [1.165, 1.54) is 9.80 Å². The summed E-state index contributed by atoms with van der Waals surface area (Å²) in [4.78, 5) is 49.8. The van der Waals surface area contributed by atoms with Gasteiger partial charge in [0.2, 0.25) is 17.7 Å². The summed E-state index contributed by atoms with van der Waals surface area (Å²) in [6, 6.07) is 7.89. The van der Waals surface area contributed by atoms with Gasteiger partial charge >= 0.3 is 0 Å². The number of hydrogen-bond donors (Lipinski definition) is 0. The third-order valence-electron chi connectivity index (χ3n) is 6.55. The predicted octanol–water partition coefficient (Wildman–Crippen LogP) is 1.26. The molecule has 0 atom stereocenters. The number of nitrogens with zero attached hydrogens (tertiary/aromatic N) is 9. The van der Waals surface area contributed by atoms with Crippen LogP contribution in [0.1, 0.15) is 23.4 Å². The summed E-state index contributed by atoms with van der Waals surface area (Å²) in [6.07, 6.45) is 0.697. The fraction of sp³-hybridized carbons (Fsp3) is 0.440. The summed E-state index contributed by atoms with van der Waals surface area (Å²) < 4.78 is 9.20. The number of amides is 2. The lowest BCUT2D eigenvalue weighted by atomic mass is 10.3. The Bertz CT molecular complexity index is 1480. The predicted molar refractivity (Wildman–Crippen MR) is 139 cm³/mol. The summed E-state index contributed by atoms with van der Waals surface area (Å²) >= 11 is 0. The van der Waals surface area contributed by atoms with Gasteiger partial charge in [-0.2, -0.15) is 9.97 Å². The van der Waals surface area contributed by atoms with E-state index in [-0.39, 0.29) is 24.2 Å². The summed E-state index contributed by atoms with van der Waals surface area (Å²) in [5.74, 6) is 1.60. The molecule has 0 aliphatic carbocycles. The van der Waals surface area contributed by atoms with Gasteiger partial charge in [0.15, 0.2) is 17.0 Å². The number of carbonyl (C=O) groups excluding carboxylic acids is 2. The Kier molecular flexibility index (Phi) is 6.50. The minimum absolute atomic E-state index is 0.0524. The van der Waals surface area contributed by atoms with Crippen molar-refractivity contribution in [2.75, 3.05) is 58.9 Å². The number of imidazole rings is 2. The van der Waals surface area contributed by atoms with Crippen molar-refractivity contribution in [2.45, 2.75) is 13.3 Å². The smallest absolute Gasteiger partial charge is 0.290 e. The number of benzene rings is 1. The van der Waals surface area contributed by atoms with Crippen molar-refractivity contribution in [3.8, 4) is 5.95 Å². The van der Waals surface area contributed by atoms with Crippen molar-refractivity contribution in [2.24, 2.45) is 7.05 Å². The molecule has 1 aliphatic heterocycles. The minimum Gasteiger partial charge on any atom is -0.378 e. The standard InChI is InChI=1S/C25H31N9O3/c1-6-18-26-16-9-7-8-10-17(16)34(18)25-28-21-20(22(29-25)33-11-13-37-14-12-33)27-23(32(21)5)24(36)31(4)15-19(35)30(2)3/h7-10H,6,11-15H2,1-5H3. The van der Waals surface area contributed by atoms with E-state index >= 15 is 0 Å². The molecule has 194 valence electrons. The number of anilines is 1. The third kappa shape index (κ3) is 4.37. The van der Waals surface area contributed by atoms with E-state index in [0.29, 0.717) is 55.7 Å². The molecule has 0 saturated carbocycles. The number of rotatable bonds is 6. The fourth-order valence-corrected chi connectivity index (χ4v) is 4.45. The fourth-order valence-electron chi connectivity index (χ4n) is 4.45. The second-order valence-electron chi connectivity index (χ2n) is 9.27. The van der Waals surface area contributed by atoms with Gasteiger partial charge in [-0.1, -0.05) is 19.1 Å². The number of para-hydroxylation sites is 2. The highest BCUT2D eigenvalue weighted by Gasteiger charge is 2.27. The van der Waals surface area contributed by atoms with E-state index in [2.05, 4.69) is 4.90 Å². The van der Waals surface area contributed by atoms with E-state index in [0.717, 1.165) is 16.9 Å². The van der Waals surface area contributed by atoms with Gasteiger partial charge in [0, 0.05) is 47.7 Å². The van der Waals surface area contributed by atoms with Gasteiger partial charge in [0.05, 0.1) is 30.8 Å². The molecule has 37 heavy (non-hydrogen) atoms. The topological polar surface area (TPSA) is 115 Å². The van der Waals surface area contributed by atoms with Crippen LogP contribution in [0.25, 0.3) is 28.1 Å². The highest BCUT2D eigenvalue weighted by atomic mass is 16.5. The van der Waals surface area contributed by atoms with E-state index < -0.39 is 0 Å². The zero-order valence-corrected chi connectivity index (χ0v) is 21.8. The quantitative estimate of drug-likeness (QED) is 0.385. The molecule has 1 aromatic carbocycles. The zero-order chi connectivity index (χ0) is 26.3. The zero-order valence-electron chi connectivity index (χ0n) is 21.8. The van der Waals surface area contributed by atoms with Gasteiger partial charge in [-0.25, -0.2) is 9.97 Å². The van der Waals surface area contributed by atoms with Crippen molar-refractivity contribution in [3.63, 3.8) is 0 Å². The maximum Gasteiger partial charge on any atom is 0.290 e. The molecule has 1 saturated heterocycles. The summed E-state index contributed by atoms with van der Waals surface area (Å²) in [7, 11) is 6.67. The second-order valence-corrected chi connectivity index (χ2v) is 9.27. The van der Waals surface area contributed by atoms with Gasteiger partial charge in [0.1, 0.15) is 5.82 Å². The number of fused-ring (bicyclic) bond motifs is 2. The number of ether oxygens (including phenoxy) is 1. The van der Waals surface area contributed by atoms with Crippen molar-refractivity contribution in [1.82, 2.24) is 38.9 Å². The SMILES string of the molecule is CCc1nc2ccccc2n1-c1nc(N2CCOCC2)c2nc(C(=O)N(C)CC(=O)N(C)C)n(C)c2n1. The van der Waals surface area contributed by atoms with Crippen LogP contribution in [0.4, 0.5) is 5.82 Å². The van der Waals surface area contributed by atoms with E-state index in [1.54, 1.807) is 32.8 Å². The molecule has 0 unspecified atom stereocenters. The summed E-state index contributed by atoms with van der Waals surface area (Å²) in [5, 5.41) is 0. The van der Waals surface area contributed by atoms with E-state index in [9.17, 15) is 9.59 Å². The average molecular weight is 506 g/mol. The maximum absolute atomic E-state index is 13.3. The average Bonchev–Trinajstić information content (AvgIpc) is 3.45. The molecule has 4 aromatic rings. The second kappa shape index (κ2) is 9.77. The first-order chi connectivity index (χ1) is 17.8. The molecule has 1 aliphatic rings. The highest BCUT2D eigenvalue weighted by molar-refractivity contribution is 5.98. The molecular formula is C25H31N9O3. The number of hydrogen-bond acceptors (Lipinski definition) is 8. The first-order valence-corrected chi connectivity index (χ1v) is 12.3. The largest absolute Gasteiger partial charge is 0.378 e. The Hall–Kier alpha value is -4.06. The Labute approximate surface area is 214 Å². The van der Waals surface area contributed by atoms with Gasteiger partial charge in [-0.3, -0.25) is 14.2 Å². The number of likely N-dealkylation sites (N-methyl/N-ethyl adjacent to an activating group) is 2. The minimum atomic E-state index is -0.368. The number of aryl methyl sites for hydroxylation is 2. The first kappa shape index (κ1) is 24.6. The lowest BCUT2D eigenvalue weighted by Crippen LogP contribution is -2.38. The Morgan fingerprint density at radius 1 is 1.03 bits per heavy atom. The lowest BCUT2D eigenvalue weighted by molar-refractivity contribution is -0.129. The summed E-state index contributed by atoms with van der Waals surface area (Å²) in [6.45, 7) is 4.43. The van der Waals surface area contributed by atoms with E-state index in [1.807, 2.05) is 35.8 Å². The molecule has 0 spiro atoms. The number of aromatic nitrogens is 6. The van der Waals surface area contributed by atoms with Crippen molar-refractivity contribution < 1.29 is 14.3 Å². The molecule has 2 amide bonds. The number of morpholine rings is 1. The van der Waals surface area contributed by atoms with Crippen LogP contribution >= 0.6 is 0 Å². The van der Waals surface area contributed by atoms with Crippen LogP contribution in [0.5, 0.6) is 0 Å². The van der Waals surface area contributed by atoms with Crippen molar-refractivity contribution in [1.29, 1.82) is 0 Å². The molecular weight excluding hydrogens is 474 g/mol. The molecule has 0 N–H and O–H groups in total. The van der Waals surface area contributed by atoms with Crippen LogP contribution in [-0.2, 0) is 23.0 Å². The molecule has 5 rings (SSSR count). The molecule has 3 aromatic heterocycles. The lowest BCUT2D eigenvalue weighted by Gasteiger charge is -2.28. The molecule has 4 heterocycles. The third-order valence-corrected chi connectivity index (χ3v) is 6.55. The van der Waals surface area contributed by atoms with Crippen LogP contribution < -0.4 is 4.90 Å². The van der Waals surface area contributed by atoms with E-state index in [4.69, 9.17) is 24.7 Å². The normalized spacial score (nSPS) is 13.9. The summed E-state index contributed by atoms with van der Waals surface area (Å²) in [5.41, 5.74) is 2.84. The first-order valence-electron chi connectivity index (χ1n) is 12.3. The van der Waals surface area contributed by atoms with Crippen LogP contribution in [0.3, 0.4) is 0 Å². The van der Waals surface area contributed by atoms with Gasteiger partial charge in [-0.05, 0) is 12.1 Å². The van der Waals surface area contributed by atoms with Crippen LogP contribution in [0.15, 0.2) is 24.3 Å². The van der Waals surface area contributed by atoms with Gasteiger partial charge < -0.3 is 24.0 Å². The van der Waals surface area contributed by atoms with Crippen LogP contribution in [-0.4, -0.2) is 105 Å². The van der Waals surface area contributed by atoms with Crippen LogP contribution in [0, 0.1) is 0 Å². The maximum atomic E-state index is 13.3.